The Kier molecular flexibility index (Phi) is 5.83. The first-order chi connectivity index (χ1) is 14.1. The second kappa shape index (κ2) is 8.36. The molecule has 1 aromatic carbocycles. The third-order valence-electron chi connectivity index (χ3n) is 5.72. The minimum Gasteiger partial charge on any atom is -0.493 e. The lowest BCUT2D eigenvalue weighted by atomic mass is 9.98. The van der Waals surface area contributed by atoms with Gasteiger partial charge in [0, 0.05) is 23.0 Å². The molecular formula is C22H26ClN3O2S. The van der Waals surface area contributed by atoms with Crippen molar-refractivity contribution < 1.29 is 9.47 Å². The van der Waals surface area contributed by atoms with E-state index in [1.165, 1.54) is 24.1 Å². The normalized spacial score (nSPS) is 17.0. The fourth-order valence-electron chi connectivity index (χ4n) is 4.32. The molecule has 4 rings (SSSR count). The molecule has 1 fully saturated rings. The van der Waals surface area contributed by atoms with E-state index in [2.05, 4.69) is 29.8 Å². The third-order valence-corrected chi connectivity index (χ3v) is 6.89. The van der Waals surface area contributed by atoms with E-state index in [1.54, 1.807) is 25.6 Å². The Morgan fingerprint density at radius 2 is 1.97 bits per heavy atom. The highest BCUT2D eigenvalue weighted by atomic mass is 35.5. The molecule has 0 amide bonds. The van der Waals surface area contributed by atoms with E-state index in [0.29, 0.717) is 17.1 Å². The third kappa shape index (κ3) is 3.64. The predicted molar refractivity (Wildman–Crippen MR) is 121 cm³/mol. The van der Waals surface area contributed by atoms with E-state index in [1.807, 2.05) is 12.1 Å². The van der Waals surface area contributed by atoms with Gasteiger partial charge in [0.1, 0.15) is 10.6 Å². The molecule has 154 valence electrons. The molecule has 1 atom stereocenters. The van der Waals surface area contributed by atoms with Gasteiger partial charge >= 0.3 is 0 Å². The van der Waals surface area contributed by atoms with Crippen molar-refractivity contribution in [2.24, 2.45) is 0 Å². The number of rotatable bonds is 5. The van der Waals surface area contributed by atoms with Gasteiger partial charge in [-0.3, -0.25) is 0 Å². The maximum Gasteiger partial charge on any atom is 0.225 e. The van der Waals surface area contributed by atoms with Crippen molar-refractivity contribution in [1.29, 1.82) is 0 Å². The van der Waals surface area contributed by atoms with Crippen molar-refractivity contribution in [3.63, 3.8) is 0 Å². The Hall–Kier alpha value is -2.05. The van der Waals surface area contributed by atoms with Gasteiger partial charge in [0.2, 0.25) is 5.28 Å². The molecule has 0 N–H and O–H groups in total. The summed E-state index contributed by atoms with van der Waals surface area (Å²) in [5.74, 6) is 2.39. The first kappa shape index (κ1) is 20.2. The van der Waals surface area contributed by atoms with Crippen molar-refractivity contribution in [2.45, 2.75) is 45.6 Å². The molecule has 0 aliphatic carbocycles. The van der Waals surface area contributed by atoms with Crippen molar-refractivity contribution in [2.75, 3.05) is 25.7 Å². The summed E-state index contributed by atoms with van der Waals surface area (Å²) in [5, 5.41) is 1.40. The Bertz CT molecular complexity index is 1040. The summed E-state index contributed by atoms with van der Waals surface area (Å²) in [6.07, 6.45) is 4.73. The molecule has 2 aromatic heterocycles. The van der Waals surface area contributed by atoms with Crippen LogP contribution in [0, 0.1) is 6.92 Å². The van der Waals surface area contributed by atoms with Crippen LogP contribution in [0.3, 0.4) is 0 Å². The van der Waals surface area contributed by atoms with Gasteiger partial charge in [0.15, 0.2) is 11.5 Å². The maximum atomic E-state index is 6.35. The summed E-state index contributed by atoms with van der Waals surface area (Å²) in [5.41, 5.74) is 2.22. The van der Waals surface area contributed by atoms with Crippen LogP contribution in [0.1, 0.15) is 37.5 Å². The maximum absolute atomic E-state index is 6.35. The standard InChI is InChI=1S/C22H26ClN3O2S/c1-5-15-8-6-7-11-26(15)20-19-18(13(2)29-21(19)25-22(23)24-20)14-9-10-16(27-3)17(12-14)28-4/h9-10,12,15H,5-8,11H2,1-4H3. The first-order valence-corrected chi connectivity index (χ1v) is 11.2. The molecular weight excluding hydrogens is 406 g/mol. The molecule has 7 heteroatoms. The summed E-state index contributed by atoms with van der Waals surface area (Å²) in [4.78, 5) is 13.8. The number of halogens is 1. The number of hydrogen-bond donors (Lipinski definition) is 0. The first-order valence-electron chi connectivity index (χ1n) is 10.0. The van der Waals surface area contributed by atoms with Gasteiger partial charge in [-0.15, -0.1) is 11.3 Å². The van der Waals surface area contributed by atoms with Gasteiger partial charge < -0.3 is 14.4 Å². The molecule has 29 heavy (non-hydrogen) atoms. The van der Waals surface area contributed by atoms with Crippen molar-refractivity contribution in [3.8, 4) is 22.6 Å². The largest absolute Gasteiger partial charge is 0.493 e. The Morgan fingerprint density at radius 1 is 1.17 bits per heavy atom. The van der Waals surface area contributed by atoms with Crippen molar-refractivity contribution in [3.05, 3.63) is 28.4 Å². The van der Waals surface area contributed by atoms with E-state index in [0.717, 1.165) is 45.9 Å². The van der Waals surface area contributed by atoms with Crippen LogP contribution in [0.4, 0.5) is 5.82 Å². The summed E-state index contributed by atoms with van der Waals surface area (Å²) in [6.45, 7) is 5.38. The number of thiophene rings is 1. The molecule has 3 heterocycles. The van der Waals surface area contributed by atoms with Crippen LogP contribution in [0.5, 0.6) is 11.5 Å². The van der Waals surface area contributed by atoms with E-state index in [9.17, 15) is 0 Å². The molecule has 1 saturated heterocycles. The minimum absolute atomic E-state index is 0.313. The topological polar surface area (TPSA) is 47.5 Å². The van der Waals surface area contributed by atoms with Crippen LogP contribution in [0.25, 0.3) is 21.3 Å². The molecule has 0 bridgehead atoms. The van der Waals surface area contributed by atoms with Crippen LogP contribution in [-0.2, 0) is 0 Å². The van der Waals surface area contributed by atoms with E-state index >= 15 is 0 Å². The van der Waals surface area contributed by atoms with E-state index < -0.39 is 0 Å². The number of anilines is 1. The average Bonchev–Trinajstić information content (AvgIpc) is 3.07. The SMILES string of the molecule is CCC1CCCCN1c1nc(Cl)nc2sc(C)c(-c3ccc(OC)c(OC)c3)c12. The highest BCUT2D eigenvalue weighted by molar-refractivity contribution is 7.19. The summed E-state index contributed by atoms with van der Waals surface area (Å²) in [6, 6.07) is 6.53. The van der Waals surface area contributed by atoms with Crippen LogP contribution in [0.2, 0.25) is 5.28 Å². The van der Waals surface area contributed by atoms with E-state index in [-0.39, 0.29) is 0 Å². The van der Waals surface area contributed by atoms with Crippen LogP contribution in [0.15, 0.2) is 18.2 Å². The molecule has 1 aliphatic heterocycles. The molecule has 0 saturated carbocycles. The van der Waals surface area contributed by atoms with E-state index in [4.69, 9.17) is 26.1 Å². The summed E-state index contributed by atoms with van der Waals surface area (Å²) >= 11 is 8.01. The van der Waals surface area contributed by atoms with Gasteiger partial charge in [-0.25, -0.2) is 4.98 Å². The number of aromatic nitrogens is 2. The number of methoxy groups -OCH3 is 2. The quantitative estimate of drug-likeness (QED) is 0.456. The molecule has 1 aliphatic rings. The number of aryl methyl sites for hydroxylation is 1. The number of benzene rings is 1. The number of hydrogen-bond acceptors (Lipinski definition) is 6. The lowest BCUT2D eigenvalue weighted by molar-refractivity contribution is 0.355. The van der Waals surface area contributed by atoms with Gasteiger partial charge in [0.25, 0.3) is 0 Å². The van der Waals surface area contributed by atoms with Crippen LogP contribution < -0.4 is 14.4 Å². The Balaban J connectivity index is 1.95. The Morgan fingerprint density at radius 3 is 2.69 bits per heavy atom. The number of ether oxygens (including phenoxy) is 2. The second-order valence-electron chi connectivity index (χ2n) is 7.35. The van der Waals surface area contributed by atoms with Gasteiger partial charge in [0.05, 0.1) is 19.6 Å². The minimum atomic E-state index is 0.313. The highest BCUT2D eigenvalue weighted by Gasteiger charge is 2.27. The number of nitrogens with zero attached hydrogens (tertiary/aromatic N) is 3. The Labute approximate surface area is 180 Å². The zero-order valence-electron chi connectivity index (χ0n) is 17.3. The van der Waals surface area contributed by atoms with Gasteiger partial charge in [-0.05, 0) is 61.9 Å². The molecule has 0 radical (unpaired) electrons. The second-order valence-corrected chi connectivity index (χ2v) is 8.89. The molecule has 3 aromatic rings. The molecule has 5 nitrogen and oxygen atoms in total. The summed E-state index contributed by atoms with van der Waals surface area (Å²) < 4.78 is 11.0. The zero-order chi connectivity index (χ0) is 20.5. The monoisotopic (exact) mass is 431 g/mol. The lowest BCUT2D eigenvalue weighted by Gasteiger charge is -2.36. The molecule has 1 unspecified atom stereocenters. The average molecular weight is 432 g/mol. The number of piperidine rings is 1. The van der Waals surface area contributed by atoms with Gasteiger partial charge in [-0.1, -0.05) is 13.0 Å². The van der Waals surface area contributed by atoms with Gasteiger partial charge in [-0.2, -0.15) is 4.98 Å². The van der Waals surface area contributed by atoms with Crippen molar-refractivity contribution in [1.82, 2.24) is 9.97 Å². The smallest absolute Gasteiger partial charge is 0.225 e. The summed E-state index contributed by atoms with van der Waals surface area (Å²) in [7, 11) is 3.31. The highest BCUT2D eigenvalue weighted by Crippen LogP contribution is 2.45. The molecule has 0 spiro atoms. The fourth-order valence-corrected chi connectivity index (χ4v) is 5.57. The van der Waals surface area contributed by atoms with Crippen LogP contribution >= 0.6 is 22.9 Å². The lowest BCUT2D eigenvalue weighted by Crippen LogP contribution is -2.39. The zero-order valence-corrected chi connectivity index (χ0v) is 18.9. The number of fused-ring (bicyclic) bond motifs is 1. The van der Waals surface area contributed by atoms with Crippen molar-refractivity contribution >= 4 is 39.0 Å². The fraction of sp³-hybridized carbons (Fsp3) is 0.455. The predicted octanol–water partition coefficient (Wildman–Crippen LogP) is 6.11. The van der Waals surface area contributed by atoms with Crippen LogP contribution in [-0.4, -0.2) is 36.8 Å².